The second kappa shape index (κ2) is 2.98. The third kappa shape index (κ3) is 2.34. The highest BCUT2D eigenvalue weighted by Crippen LogP contribution is 2.28. The summed E-state index contributed by atoms with van der Waals surface area (Å²) in [7, 11) is 0. The first-order chi connectivity index (χ1) is 5.00. The summed E-state index contributed by atoms with van der Waals surface area (Å²) in [6.07, 6.45) is -5.49. The van der Waals surface area contributed by atoms with Crippen molar-refractivity contribution in [1.29, 1.82) is 0 Å². The molecule has 0 aliphatic carbocycles. The Morgan fingerprint density at radius 3 is 2.36 bits per heavy atom. The number of halogens is 3. The van der Waals surface area contributed by atoms with Crippen LogP contribution in [0.4, 0.5) is 13.2 Å². The predicted molar refractivity (Wildman–Crippen MR) is 33.0 cm³/mol. The van der Waals surface area contributed by atoms with Crippen molar-refractivity contribution in [1.82, 2.24) is 0 Å². The molecule has 0 amide bonds. The van der Waals surface area contributed by atoms with Crippen LogP contribution in [0.3, 0.4) is 0 Å². The Kier molecular flexibility index (Phi) is 2.39. The summed E-state index contributed by atoms with van der Waals surface area (Å²) in [5.74, 6) is 0. The summed E-state index contributed by atoms with van der Waals surface area (Å²) in [4.78, 5) is 0. The van der Waals surface area contributed by atoms with Gasteiger partial charge in [0, 0.05) is 12.6 Å². The fraction of sp³-hybridized carbons (Fsp3) is 1.00. The molecule has 1 saturated heterocycles. The average Bonchev–Trinajstić information content (AvgIpc) is 1.86. The molecule has 1 fully saturated rings. The smallest absolute Gasteiger partial charge is 0.369 e. The van der Waals surface area contributed by atoms with Gasteiger partial charge < -0.3 is 10.5 Å². The molecular formula is C6H10F3NO. The SMILES string of the molecule is N[C@H]1CCO[C@@H](C(F)(F)F)C1. The molecule has 2 nitrogen and oxygen atoms in total. The van der Waals surface area contributed by atoms with Crippen molar-refractivity contribution in [3.8, 4) is 0 Å². The van der Waals surface area contributed by atoms with E-state index < -0.39 is 12.3 Å². The summed E-state index contributed by atoms with van der Waals surface area (Å²) in [5.41, 5.74) is 5.34. The van der Waals surface area contributed by atoms with Crippen molar-refractivity contribution in [2.24, 2.45) is 5.73 Å². The van der Waals surface area contributed by atoms with Gasteiger partial charge in [-0.05, 0) is 12.8 Å². The second-order valence-electron chi connectivity index (χ2n) is 2.69. The van der Waals surface area contributed by atoms with Crippen LogP contribution in [-0.2, 0) is 4.74 Å². The normalized spacial score (nSPS) is 33.8. The van der Waals surface area contributed by atoms with E-state index in [1.807, 2.05) is 0 Å². The van der Waals surface area contributed by atoms with E-state index in [1.54, 1.807) is 0 Å². The molecule has 0 radical (unpaired) electrons. The molecule has 1 aliphatic heterocycles. The zero-order valence-electron chi connectivity index (χ0n) is 5.90. The topological polar surface area (TPSA) is 35.2 Å². The molecule has 1 rings (SSSR count). The molecule has 2 atom stereocenters. The Bertz CT molecular complexity index is 136. The highest BCUT2D eigenvalue weighted by molar-refractivity contribution is 4.78. The lowest BCUT2D eigenvalue weighted by molar-refractivity contribution is -0.231. The molecule has 66 valence electrons. The minimum atomic E-state index is -4.25. The van der Waals surface area contributed by atoms with Gasteiger partial charge in [-0.2, -0.15) is 13.2 Å². The Morgan fingerprint density at radius 1 is 1.36 bits per heavy atom. The molecule has 11 heavy (non-hydrogen) atoms. The molecule has 2 N–H and O–H groups in total. The number of hydrogen-bond donors (Lipinski definition) is 1. The molecule has 0 aromatic heterocycles. The molecular weight excluding hydrogens is 159 g/mol. The Balaban J connectivity index is 2.46. The van der Waals surface area contributed by atoms with Gasteiger partial charge in [0.25, 0.3) is 0 Å². The van der Waals surface area contributed by atoms with Gasteiger partial charge in [-0.25, -0.2) is 0 Å². The quantitative estimate of drug-likeness (QED) is 0.588. The van der Waals surface area contributed by atoms with Gasteiger partial charge in [0.15, 0.2) is 6.10 Å². The van der Waals surface area contributed by atoms with E-state index in [9.17, 15) is 13.2 Å². The predicted octanol–water partition coefficient (Wildman–Crippen LogP) is 1.05. The number of nitrogens with two attached hydrogens (primary N) is 1. The summed E-state index contributed by atoms with van der Waals surface area (Å²) in [6.45, 7) is 0.116. The van der Waals surface area contributed by atoms with Crippen LogP contribution in [0, 0.1) is 0 Å². The third-order valence-corrected chi connectivity index (χ3v) is 1.69. The largest absolute Gasteiger partial charge is 0.414 e. The van der Waals surface area contributed by atoms with Gasteiger partial charge in [0.1, 0.15) is 0 Å². The van der Waals surface area contributed by atoms with Crippen molar-refractivity contribution < 1.29 is 17.9 Å². The second-order valence-corrected chi connectivity index (χ2v) is 2.69. The molecule has 0 bridgehead atoms. The molecule has 0 saturated carbocycles. The highest BCUT2D eigenvalue weighted by atomic mass is 19.4. The van der Waals surface area contributed by atoms with E-state index in [0.717, 1.165) is 0 Å². The van der Waals surface area contributed by atoms with E-state index in [2.05, 4.69) is 4.74 Å². The van der Waals surface area contributed by atoms with Crippen LogP contribution in [0.5, 0.6) is 0 Å². The summed E-state index contributed by atoms with van der Waals surface area (Å²) >= 11 is 0. The Labute approximate surface area is 62.5 Å². The maximum absolute atomic E-state index is 11.9. The van der Waals surface area contributed by atoms with E-state index in [0.29, 0.717) is 6.42 Å². The first-order valence-corrected chi connectivity index (χ1v) is 3.44. The Hall–Kier alpha value is -0.290. The van der Waals surface area contributed by atoms with Crippen LogP contribution in [0.2, 0.25) is 0 Å². The first-order valence-electron chi connectivity index (χ1n) is 3.44. The molecule has 0 spiro atoms. The van der Waals surface area contributed by atoms with E-state index in [4.69, 9.17) is 5.73 Å². The third-order valence-electron chi connectivity index (χ3n) is 1.69. The van der Waals surface area contributed by atoms with Crippen LogP contribution in [0.15, 0.2) is 0 Å². The standard InChI is InChI=1S/C6H10F3NO/c7-6(8,9)5-3-4(10)1-2-11-5/h4-5H,1-3,10H2/t4-,5+/m0/s1. The minimum absolute atomic E-state index is 0.108. The van der Waals surface area contributed by atoms with Gasteiger partial charge in [-0.3, -0.25) is 0 Å². The number of rotatable bonds is 0. The van der Waals surface area contributed by atoms with Gasteiger partial charge in [-0.15, -0.1) is 0 Å². The van der Waals surface area contributed by atoms with Crippen molar-refractivity contribution in [3.63, 3.8) is 0 Å². The fourth-order valence-electron chi connectivity index (χ4n) is 1.05. The molecule has 0 aromatic carbocycles. The van der Waals surface area contributed by atoms with Gasteiger partial charge >= 0.3 is 6.18 Å². The van der Waals surface area contributed by atoms with Crippen molar-refractivity contribution in [3.05, 3.63) is 0 Å². The lowest BCUT2D eigenvalue weighted by Gasteiger charge is -2.28. The molecule has 1 aliphatic rings. The highest BCUT2D eigenvalue weighted by Gasteiger charge is 2.42. The summed E-state index contributed by atoms with van der Waals surface area (Å²) in [5, 5.41) is 0. The Morgan fingerprint density at radius 2 is 2.00 bits per heavy atom. The summed E-state index contributed by atoms with van der Waals surface area (Å²) < 4.78 is 40.3. The van der Waals surface area contributed by atoms with E-state index in [1.165, 1.54) is 0 Å². The maximum atomic E-state index is 11.9. The molecule has 0 aromatic rings. The van der Waals surface area contributed by atoms with Crippen LogP contribution in [-0.4, -0.2) is 24.9 Å². The van der Waals surface area contributed by atoms with Gasteiger partial charge in [0.2, 0.25) is 0 Å². The number of alkyl halides is 3. The average molecular weight is 169 g/mol. The van der Waals surface area contributed by atoms with Crippen molar-refractivity contribution in [2.45, 2.75) is 31.2 Å². The maximum Gasteiger partial charge on any atom is 0.414 e. The first kappa shape index (κ1) is 8.80. The van der Waals surface area contributed by atoms with E-state index >= 15 is 0 Å². The summed E-state index contributed by atoms with van der Waals surface area (Å²) in [6, 6.07) is -0.365. The zero-order chi connectivity index (χ0) is 8.48. The van der Waals surface area contributed by atoms with E-state index in [-0.39, 0.29) is 19.1 Å². The van der Waals surface area contributed by atoms with Gasteiger partial charge in [-0.1, -0.05) is 0 Å². The van der Waals surface area contributed by atoms with Crippen LogP contribution in [0.1, 0.15) is 12.8 Å². The molecule has 1 heterocycles. The minimum Gasteiger partial charge on any atom is -0.369 e. The molecule has 0 unspecified atom stereocenters. The monoisotopic (exact) mass is 169 g/mol. The van der Waals surface area contributed by atoms with Crippen LogP contribution < -0.4 is 5.73 Å². The van der Waals surface area contributed by atoms with Crippen LogP contribution >= 0.6 is 0 Å². The van der Waals surface area contributed by atoms with Crippen molar-refractivity contribution >= 4 is 0 Å². The molecule has 5 heteroatoms. The van der Waals surface area contributed by atoms with Crippen LogP contribution in [0.25, 0.3) is 0 Å². The zero-order valence-corrected chi connectivity index (χ0v) is 5.90. The van der Waals surface area contributed by atoms with Gasteiger partial charge in [0.05, 0.1) is 0 Å². The number of ether oxygens (including phenoxy) is 1. The lowest BCUT2D eigenvalue weighted by atomic mass is 10.0. The van der Waals surface area contributed by atoms with Crippen molar-refractivity contribution in [2.75, 3.05) is 6.61 Å². The fourth-order valence-corrected chi connectivity index (χ4v) is 1.05. The lowest BCUT2D eigenvalue weighted by Crippen LogP contribution is -2.42. The number of hydrogen-bond acceptors (Lipinski definition) is 2.